The number of aromatic nitrogens is 6. The smallest absolute Gasteiger partial charge is 0.260 e. The van der Waals surface area contributed by atoms with Crippen LogP contribution < -0.4 is 34.6 Å². The van der Waals surface area contributed by atoms with Crippen LogP contribution in [0.3, 0.4) is 0 Å². The van der Waals surface area contributed by atoms with E-state index in [9.17, 15) is 19.2 Å². The zero-order valence-corrected chi connectivity index (χ0v) is 63.4. The highest BCUT2D eigenvalue weighted by Gasteiger charge is 2.30. The highest BCUT2D eigenvalue weighted by molar-refractivity contribution is 7.09. The Hall–Kier alpha value is -9.29. The number of aryl methyl sites for hydroxylation is 2. The first-order valence-corrected chi connectivity index (χ1v) is 37.8. The number of carbonyl (C=O) groups is 4. The van der Waals surface area contributed by atoms with E-state index in [1.807, 2.05) is 81.2 Å². The number of primary amides is 1. The molecule has 0 aliphatic carbocycles. The predicted octanol–water partition coefficient (Wildman–Crippen LogP) is 11.4. The molecule has 104 heavy (non-hydrogen) atoms. The van der Waals surface area contributed by atoms with Gasteiger partial charge in [0.15, 0.2) is 13.2 Å². The number of benzene rings is 4. The number of hydrogen-bond donors (Lipinski definition) is 1. The summed E-state index contributed by atoms with van der Waals surface area (Å²) in [5.74, 6) is 2.59. The number of para-hydroxylation sites is 1. The summed E-state index contributed by atoms with van der Waals surface area (Å²) in [7, 11) is 3.36. The van der Waals surface area contributed by atoms with Crippen molar-refractivity contribution in [2.75, 3.05) is 147 Å². The number of likely N-dealkylation sites (tertiary alicyclic amines) is 1. The molecule has 2 N–H and O–H groups in total. The van der Waals surface area contributed by atoms with E-state index in [2.05, 4.69) is 131 Å². The molecule has 4 aliphatic heterocycles. The van der Waals surface area contributed by atoms with Crippen LogP contribution in [0, 0.1) is 25.7 Å². The van der Waals surface area contributed by atoms with Crippen LogP contribution in [-0.2, 0) is 37.7 Å². The van der Waals surface area contributed by atoms with Gasteiger partial charge in [0.1, 0.15) is 40.1 Å². The molecule has 22 nitrogen and oxygen atoms in total. The average molecular weight is 1430 g/mol. The van der Waals surface area contributed by atoms with Crippen LogP contribution in [0.4, 0.5) is 17.1 Å². The third kappa shape index (κ3) is 19.6. The molecular formula is C81H105N15O7S. The number of nitrogens with zero attached hydrogens (tertiary/aromatic N) is 14. The van der Waals surface area contributed by atoms with Gasteiger partial charge in [-0.2, -0.15) is 5.10 Å². The molecule has 3 amide bonds. The molecule has 23 heteroatoms. The van der Waals surface area contributed by atoms with E-state index in [0.29, 0.717) is 23.3 Å². The molecule has 4 saturated heterocycles. The van der Waals surface area contributed by atoms with Crippen molar-refractivity contribution >= 4 is 84.6 Å². The SMILES string of the molecule is CC(=O)CN(C)C(=O)COc1c(C)cc2cccnc2c1N1CCCN(Cc2ccn(-c3ccccc3)n2)CC1.COc1ccc2cccnc2c1N1CCCN(CC2CCN(C(=O)C(C)C)CC2)CC1.Cc1cc2cccnc2c(N2CCCN(Cc3csc(C(C)(C)C)n3)CC2)c1OCC(N)=O. The van der Waals surface area contributed by atoms with Gasteiger partial charge in [-0.1, -0.05) is 71.0 Å². The fraction of sp³-hybridized carbons (Fsp3) is 0.469. The maximum Gasteiger partial charge on any atom is 0.260 e. The van der Waals surface area contributed by atoms with Gasteiger partial charge in [0.05, 0.1) is 52.3 Å². The Morgan fingerprint density at radius 3 is 1.68 bits per heavy atom. The van der Waals surface area contributed by atoms with Gasteiger partial charge in [-0.3, -0.25) is 43.9 Å². The molecule has 9 aromatic rings. The fourth-order valence-electron chi connectivity index (χ4n) is 14.5. The molecule has 0 saturated carbocycles. The van der Waals surface area contributed by atoms with Crippen molar-refractivity contribution in [3.63, 3.8) is 0 Å². The Morgan fingerprint density at radius 1 is 0.615 bits per heavy atom. The molecular weight excluding hydrogens is 1330 g/mol. The summed E-state index contributed by atoms with van der Waals surface area (Å²) in [6, 6.07) is 32.6. The molecule has 13 rings (SSSR count). The topological polar surface area (TPSA) is 217 Å². The van der Waals surface area contributed by atoms with Gasteiger partial charge in [-0.15, -0.1) is 11.3 Å². The van der Waals surface area contributed by atoms with Gasteiger partial charge in [0.2, 0.25) is 5.91 Å². The van der Waals surface area contributed by atoms with Crippen molar-refractivity contribution in [2.45, 2.75) is 106 Å². The van der Waals surface area contributed by atoms with Crippen molar-refractivity contribution in [3.05, 3.63) is 155 Å². The van der Waals surface area contributed by atoms with E-state index in [-0.39, 0.29) is 42.8 Å². The van der Waals surface area contributed by atoms with Crippen LogP contribution in [0.5, 0.6) is 17.2 Å². The molecule has 0 spiro atoms. The maximum atomic E-state index is 12.7. The Balaban J connectivity index is 0.000000158. The lowest BCUT2D eigenvalue weighted by Crippen LogP contribution is -2.43. The summed E-state index contributed by atoms with van der Waals surface area (Å²) in [5, 5.41) is 11.4. The molecule has 0 radical (unpaired) electrons. The molecule has 4 fully saturated rings. The van der Waals surface area contributed by atoms with E-state index in [1.54, 1.807) is 37.9 Å². The van der Waals surface area contributed by atoms with Gasteiger partial charge in [0.25, 0.3) is 11.8 Å². The first kappa shape index (κ1) is 75.9. The molecule has 0 atom stereocenters. The Labute approximate surface area is 617 Å². The largest absolute Gasteiger partial charge is 0.494 e. The monoisotopic (exact) mass is 1430 g/mol. The van der Waals surface area contributed by atoms with E-state index in [1.165, 1.54) is 16.8 Å². The lowest BCUT2D eigenvalue weighted by Gasteiger charge is -2.35. The molecule has 5 aromatic heterocycles. The summed E-state index contributed by atoms with van der Waals surface area (Å²) in [4.78, 5) is 84.9. The van der Waals surface area contributed by atoms with Crippen molar-refractivity contribution in [3.8, 4) is 22.9 Å². The van der Waals surface area contributed by atoms with Crippen LogP contribution >= 0.6 is 11.3 Å². The highest BCUT2D eigenvalue weighted by atomic mass is 32.1. The average Bonchev–Trinajstić information content (AvgIpc) is 0.868. The van der Waals surface area contributed by atoms with Crippen LogP contribution in [0.15, 0.2) is 127 Å². The minimum Gasteiger partial charge on any atom is -0.494 e. The number of carbonyl (C=O) groups excluding carboxylic acids is 4. The summed E-state index contributed by atoms with van der Waals surface area (Å²) >= 11 is 1.75. The number of ether oxygens (including phenoxy) is 3. The number of fused-ring (bicyclic) bond motifs is 3. The number of piperidine rings is 1. The van der Waals surface area contributed by atoms with E-state index < -0.39 is 5.91 Å². The molecule has 4 aromatic carbocycles. The van der Waals surface area contributed by atoms with Gasteiger partial charge < -0.3 is 49.3 Å². The number of amides is 3. The zero-order chi connectivity index (χ0) is 73.4. The molecule has 0 unspecified atom stereocenters. The Kier molecular flexibility index (Phi) is 25.9. The number of rotatable bonds is 20. The number of thiazole rings is 1. The zero-order valence-electron chi connectivity index (χ0n) is 62.6. The Morgan fingerprint density at radius 2 is 1.14 bits per heavy atom. The van der Waals surface area contributed by atoms with Crippen molar-refractivity contribution in [2.24, 2.45) is 17.6 Å². The quantitative estimate of drug-likeness (QED) is 0.0750. The van der Waals surface area contributed by atoms with Gasteiger partial charge >= 0.3 is 0 Å². The lowest BCUT2D eigenvalue weighted by atomic mass is 9.95. The van der Waals surface area contributed by atoms with E-state index in [4.69, 9.17) is 35.0 Å². The second-order valence-corrected chi connectivity index (χ2v) is 30.2. The number of ketones is 1. The molecule has 9 heterocycles. The van der Waals surface area contributed by atoms with Gasteiger partial charge in [-0.25, -0.2) is 9.67 Å². The normalized spacial score (nSPS) is 16.1. The number of pyridine rings is 3. The molecule has 0 bridgehead atoms. The first-order chi connectivity index (χ1) is 50.2. The molecule has 552 valence electrons. The van der Waals surface area contributed by atoms with Crippen LogP contribution in [0.1, 0.15) is 101 Å². The van der Waals surface area contributed by atoms with E-state index in [0.717, 1.165) is 227 Å². The predicted molar refractivity (Wildman–Crippen MR) is 416 cm³/mol. The third-order valence-electron chi connectivity index (χ3n) is 19.8. The fourth-order valence-corrected chi connectivity index (χ4v) is 15.4. The number of Topliss-reactive ketones (excluding diaryl/α,β-unsaturated/α-hetero) is 1. The number of hydrogen-bond acceptors (Lipinski definition) is 19. The third-order valence-corrected chi connectivity index (χ3v) is 21.1. The number of nitrogens with two attached hydrogens (primary N) is 1. The van der Waals surface area contributed by atoms with Crippen LogP contribution in [0.25, 0.3) is 38.4 Å². The first-order valence-electron chi connectivity index (χ1n) is 36.9. The summed E-state index contributed by atoms with van der Waals surface area (Å²) in [5.41, 5.74) is 16.4. The van der Waals surface area contributed by atoms with Crippen molar-refractivity contribution in [1.82, 2.24) is 54.2 Å². The van der Waals surface area contributed by atoms with E-state index >= 15 is 0 Å². The van der Waals surface area contributed by atoms with Gasteiger partial charge in [0, 0.05) is 169 Å². The minimum absolute atomic E-state index is 0.0661. The molecule has 4 aliphatic rings. The number of methoxy groups -OCH3 is 1. The van der Waals surface area contributed by atoms with Crippen LogP contribution in [0.2, 0.25) is 0 Å². The van der Waals surface area contributed by atoms with Crippen molar-refractivity contribution in [1.29, 1.82) is 0 Å². The standard InChI is InChI=1S/C31H36N6O3.C25H33N5O2S.C25H36N4O2/c1-23-19-25-9-7-13-32-29(25)30(31(23)40-22-28(39)34(3)20-24(2)38)36-15-8-14-35(17-18-36)21-26-12-16-37(33-26)27-10-5-4-6-11-27;1-17-13-18-7-5-8-27-21(18)22(23(17)32-15-20(26)31)30-10-6-9-29(11-12-30)14-19-16-33-24(28-19)25(2,3)4;1-19(2)25(30)29-14-9-20(10-15-29)18-27-12-5-13-28(17-16-27)24-22(31-3)8-7-21-6-4-11-26-23(21)24/h4-7,9-13,16,19H,8,14-15,17-18,20-22H2,1-3H3;5,7-8,13,16H,6,9-12,14-15H2,1-4H3,(H2,26,31);4,6-8,11,19-20H,5,9-10,12-18H2,1-3H3. The second kappa shape index (κ2) is 35.5. The minimum atomic E-state index is -0.485. The lowest BCUT2D eigenvalue weighted by molar-refractivity contribution is -0.136. The Bertz CT molecular complexity index is 4380. The number of likely N-dealkylation sites (N-methyl/N-ethyl adjacent to an activating group) is 1. The maximum absolute atomic E-state index is 12.7. The summed E-state index contributed by atoms with van der Waals surface area (Å²) in [6.07, 6.45) is 12.9. The van der Waals surface area contributed by atoms with Gasteiger partial charge in [-0.05, 0) is 137 Å². The second-order valence-electron chi connectivity index (χ2n) is 29.4. The van der Waals surface area contributed by atoms with Crippen LogP contribution in [-0.4, -0.2) is 210 Å². The number of anilines is 3. The van der Waals surface area contributed by atoms with Crippen molar-refractivity contribution < 1.29 is 33.4 Å². The summed E-state index contributed by atoms with van der Waals surface area (Å²) < 4.78 is 19.7. The highest BCUT2D eigenvalue weighted by Crippen LogP contribution is 2.42. The summed E-state index contributed by atoms with van der Waals surface area (Å²) in [6.45, 7) is 31.8.